The van der Waals surface area contributed by atoms with Gasteiger partial charge in [0.15, 0.2) is 5.78 Å². The highest BCUT2D eigenvalue weighted by atomic mass is 16.2. The number of rotatable bonds is 5. The molecule has 144 valence electrons. The van der Waals surface area contributed by atoms with Crippen LogP contribution in [-0.4, -0.2) is 49.3 Å². The molecule has 1 fully saturated rings. The molecule has 28 heavy (non-hydrogen) atoms. The van der Waals surface area contributed by atoms with Crippen molar-refractivity contribution < 1.29 is 9.59 Å². The van der Waals surface area contributed by atoms with Gasteiger partial charge in [0.1, 0.15) is 6.07 Å². The summed E-state index contributed by atoms with van der Waals surface area (Å²) in [6.45, 7) is 4.93. The number of para-hydroxylation sites is 2. The first kappa shape index (κ1) is 19.6. The third-order valence-electron chi connectivity index (χ3n) is 4.90. The first-order valence-corrected chi connectivity index (χ1v) is 9.44. The minimum atomic E-state index is -0.125. The van der Waals surface area contributed by atoms with Crippen LogP contribution < -0.4 is 10.2 Å². The lowest BCUT2D eigenvalue weighted by molar-refractivity contribution is -0.117. The molecule has 6 nitrogen and oxygen atoms in total. The number of carbonyl (C=O) groups excluding carboxylic acids is 2. The number of nitrogens with one attached hydrogen (secondary N) is 1. The number of hydrogen-bond donors (Lipinski definition) is 1. The van der Waals surface area contributed by atoms with Gasteiger partial charge in [-0.15, -0.1) is 0 Å². The van der Waals surface area contributed by atoms with E-state index in [1.807, 2.05) is 24.3 Å². The van der Waals surface area contributed by atoms with E-state index in [1.165, 1.54) is 6.92 Å². The second kappa shape index (κ2) is 9.16. The fraction of sp³-hybridized carbons (Fsp3) is 0.318. The number of Topliss-reactive ketones (excluding diaryl/α,β-unsaturated/α-hetero) is 1. The molecule has 0 radical (unpaired) electrons. The number of hydrogen-bond acceptors (Lipinski definition) is 5. The number of anilines is 2. The zero-order valence-electron chi connectivity index (χ0n) is 16.0. The Morgan fingerprint density at radius 2 is 1.79 bits per heavy atom. The Morgan fingerprint density at radius 3 is 2.57 bits per heavy atom. The van der Waals surface area contributed by atoms with Gasteiger partial charge in [0, 0.05) is 31.7 Å². The van der Waals surface area contributed by atoms with Gasteiger partial charge in [-0.2, -0.15) is 5.26 Å². The maximum atomic E-state index is 12.5. The molecule has 2 aromatic rings. The summed E-state index contributed by atoms with van der Waals surface area (Å²) in [5, 5.41) is 12.2. The molecule has 1 heterocycles. The summed E-state index contributed by atoms with van der Waals surface area (Å²) in [5.74, 6) is -0.197. The van der Waals surface area contributed by atoms with Crippen LogP contribution in [0.1, 0.15) is 29.3 Å². The third-order valence-corrected chi connectivity index (χ3v) is 4.90. The van der Waals surface area contributed by atoms with Crippen LogP contribution in [-0.2, 0) is 4.79 Å². The molecule has 0 spiro atoms. The highest BCUT2D eigenvalue weighted by molar-refractivity contribution is 6.04. The van der Waals surface area contributed by atoms with E-state index >= 15 is 0 Å². The van der Waals surface area contributed by atoms with Crippen molar-refractivity contribution in [1.82, 2.24) is 4.90 Å². The summed E-state index contributed by atoms with van der Waals surface area (Å²) in [4.78, 5) is 28.5. The van der Waals surface area contributed by atoms with Crippen LogP contribution in [0.5, 0.6) is 0 Å². The molecule has 0 unspecified atom stereocenters. The fourth-order valence-corrected chi connectivity index (χ4v) is 3.51. The van der Waals surface area contributed by atoms with Crippen molar-refractivity contribution in [3.63, 3.8) is 0 Å². The minimum Gasteiger partial charge on any atom is -0.369 e. The molecule has 0 aliphatic carbocycles. The van der Waals surface area contributed by atoms with Crippen LogP contribution in [0.4, 0.5) is 11.4 Å². The summed E-state index contributed by atoms with van der Waals surface area (Å²) in [6.07, 6.45) is 0.914. The normalized spacial score (nSPS) is 14.8. The number of nitrogens with zero attached hydrogens (tertiary/aromatic N) is 3. The summed E-state index contributed by atoms with van der Waals surface area (Å²) >= 11 is 0. The molecule has 0 bridgehead atoms. The summed E-state index contributed by atoms with van der Waals surface area (Å²) < 4.78 is 0. The van der Waals surface area contributed by atoms with Crippen LogP contribution in [0, 0.1) is 11.3 Å². The van der Waals surface area contributed by atoms with E-state index in [0.29, 0.717) is 16.8 Å². The lowest BCUT2D eigenvalue weighted by Crippen LogP contribution is -2.36. The first-order chi connectivity index (χ1) is 13.6. The molecule has 0 aromatic heterocycles. The Hall–Kier alpha value is -3.17. The molecule has 3 rings (SSSR count). The largest absolute Gasteiger partial charge is 0.369 e. The fourth-order valence-electron chi connectivity index (χ4n) is 3.51. The van der Waals surface area contributed by atoms with Gasteiger partial charge in [-0.05, 0) is 37.6 Å². The van der Waals surface area contributed by atoms with E-state index in [-0.39, 0.29) is 18.2 Å². The summed E-state index contributed by atoms with van der Waals surface area (Å²) in [5.41, 5.74) is 2.70. The van der Waals surface area contributed by atoms with Crippen LogP contribution in [0.3, 0.4) is 0 Å². The standard InChI is InChI=1S/C22H24N4O2/c1-17(27)19-8-3-4-9-20(19)24-22(28)16-25-11-6-12-26(14-13-25)21-10-5-2-7-18(21)15-23/h2-5,7-10H,6,11-14,16H2,1H3,(H,24,28). The zero-order valence-corrected chi connectivity index (χ0v) is 16.0. The van der Waals surface area contributed by atoms with Crippen molar-refractivity contribution in [2.75, 3.05) is 42.9 Å². The van der Waals surface area contributed by atoms with E-state index in [9.17, 15) is 14.9 Å². The smallest absolute Gasteiger partial charge is 0.238 e. The molecule has 0 saturated carbocycles. The van der Waals surface area contributed by atoms with Gasteiger partial charge in [-0.3, -0.25) is 14.5 Å². The molecule has 0 atom stereocenters. The van der Waals surface area contributed by atoms with Gasteiger partial charge in [0.25, 0.3) is 0 Å². The Morgan fingerprint density at radius 1 is 1.04 bits per heavy atom. The number of benzene rings is 2. The number of nitriles is 1. The van der Waals surface area contributed by atoms with Crippen LogP contribution in [0.25, 0.3) is 0 Å². The average Bonchev–Trinajstić information content (AvgIpc) is 2.93. The zero-order chi connectivity index (χ0) is 19.9. The molecular weight excluding hydrogens is 352 g/mol. The van der Waals surface area contributed by atoms with Crippen molar-refractivity contribution in [2.24, 2.45) is 0 Å². The molecule has 1 amide bonds. The Kier molecular flexibility index (Phi) is 6.41. The highest BCUT2D eigenvalue weighted by Gasteiger charge is 2.19. The highest BCUT2D eigenvalue weighted by Crippen LogP contribution is 2.21. The quantitative estimate of drug-likeness (QED) is 0.812. The Balaban J connectivity index is 1.60. The van der Waals surface area contributed by atoms with Gasteiger partial charge in [-0.1, -0.05) is 24.3 Å². The predicted molar refractivity (Wildman–Crippen MR) is 110 cm³/mol. The molecule has 1 saturated heterocycles. The van der Waals surface area contributed by atoms with Crippen molar-refractivity contribution >= 4 is 23.1 Å². The van der Waals surface area contributed by atoms with Gasteiger partial charge in [0.05, 0.1) is 23.5 Å². The van der Waals surface area contributed by atoms with Gasteiger partial charge >= 0.3 is 0 Å². The van der Waals surface area contributed by atoms with E-state index in [2.05, 4.69) is 21.2 Å². The lowest BCUT2D eigenvalue weighted by atomic mass is 10.1. The molecule has 2 aromatic carbocycles. The van der Waals surface area contributed by atoms with Gasteiger partial charge in [0.2, 0.25) is 5.91 Å². The van der Waals surface area contributed by atoms with E-state index in [1.54, 1.807) is 24.3 Å². The molecule has 1 aliphatic rings. The van der Waals surface area contributed by atoms with Gasteiger partial charge < -0.3 is 10.2 Å². The first-order valence-electron chi connectivity index (χ1n) is 9.44. The lowest BCUT2D eigenvalue weighted by Gasteiger charge is -2.24. The summed E-state index contributed by atoms with van der Waals surface area (Å²) in [6, 6.07) is 16.9. The number of ketones is 1. The van der Waals surface area contributed by atoms with E-state index in [4.69, 9.17) is 0 Å². The third kappa shape index (κ3) is 4.76. The SMILES string of the molecule is CC(=O)c1ccccc1NC(=O)CN1CCCN(c2ccccc2C#N)CC1. The van der Waals surface area contributed by atoms with Crippen molar-refractivity contribution in [1.29, 1.82) is 5.26 Å². The molecule has 6 heteroatoms. The Bertz CT molecular complexity index is 903. The predicted octanol–water partition coefficient (Wildman–Crippen LogP) is 2.91. The maximum absolute atomic E-state index is 12.5. The van der Waals surface area contributed by atoms with Crippen molar-refractivity contribution in [3.05, 3.63) is 59.7 Å². The molecule has 1 N–H and O–H groups in total. The maximum Gasteiger partial charge on any atom is 0.238 e. The second-order valence-electron chi connectivity index (χ2n) is 6.90. The van der Waals surface area contributed by atoms with Crippen LogP contribution in [0.15, 0.2) is 48.5 Å². The van der Waals surface area contributed by atoms with Crippen molar-refractivity contribution in [2.45, 2.75) is 13.3 Å². The number of carbonyl (C=O) groups is 2. The van der Waals surface area contributed by atoms with E-state index in [0.717, 1.165) is 38.3 Å². The Labute approximate surface area is 165 Å². The van der Waals surface area contributed by atoms with Gasteiger partial charge in [-0.25, -0.2) is 0 Å². The monoisotopic (exact) mass is 376 g/mol. The van der Waals surface area contributed by atoms with Crippen molar-refractivity contribution in [3.8, 4) is 6.07 Å². The molecular formula is C22H24N4O2. The average molecular weight is 376 g/mol. The van der Waals surface area contributed by atoms with E-state index < -0.39 is 0 Å². The molecule has 1 aliphatic heterocycles. The van der Waals surface area contributed by atoms with Crippen LogP contribution in [0.2, 0.25) is 0 Å². The van der Waals surface area contributed by atoms with Crippen LogP contribution >= 0.6 is 0 Å². The second-order valence-corrected chi connectivity index (χ2v) is 6.90. The summed E-state index contributed by atoms with van der Waals surface area (Å²) in [7, 11) is 0. The topological polar surface area (TPSA) is 76.4 Å². The number of amides is 1. The minimum absolute atomic E-state index is 0.0718.